The fourth-order valence-electron chi connectivity index (χ4n) is 2.85. The van der Waals surface area contributed by atoms with E-state index in [0.29, 0.717) is 25.3 Å². The molecule has 0 amide bonds. The maximum atomic E-state index is 12.2. The van der Waals surface area contributed by atoms with E-state index in [1.807, 2.05) is 25.1 Å². The van der Waals surface area contributed by atoms with Crippen molar-refractivity contribution in [3.8, 4) is 5.75 Å². The maximum Gasteiger partial charge on any atom is 0.356 e. The summed E-state index contributed by atoms with van der Waals surface area (Å²) in [6.45, 7) is 3.88. The number of para-hydroxylation sites is 1. The number of anilines is 1. The average molecular weight is 358 g/mol. The zero-order chi connectivity index (χ0) is 17.4. The fraction of sp³-hybridized carbons (Fsp3) is 0.353. The predicted octanol–water partition coefficient (Wildman–Crippen LogP) is 2.57. The molecule has 4 rings (SSSR count). The van der Waals surface area contributed by atoms with E-state index in [9.17, 15) is 4.79 Å². The van der Waals surface area contributed by atoms with Crippen molar-refractivity contribution in [3.63, 3.8) is 0 Å². The molecule has 7 nitrogen and oxygen atoms in total. The number of aromatic nitrogens is 3. The van der Waals surface area contributed by atoms with E-state index in [2.05, 4.69) is 15.0 Å². The van der Waals surface area contributed by atoms with Crippen LogP contribution in [0.4, 0.5) is 5.13 Å². The Balaban J connectivity index is 1.41. The molecule has 130 valence electrons. The van der Waals surface area contributed by atoms with Gasteiger partial charge in [0.25, 0.3) is 0 Å². The van der Waals surface area contributed by atoms with Crippen molar-refractivity contribution in [2.24, 2.45) is 0 Å². The van der Waals surface area contributed by atoms with Crippen molar-refractivity contribution < 1.29 is 14.3 Å². The fourth-order valence-corrected chi connectivity index (χ4v) is 3.85. The highest BCUT2D eigenvalue weighted by Gasteiger charge is 2.33. The van der Waals surface area contributed by atoms with Crippen LogP contribution < -0.4 is 9.64 Å². The average Bonchev–Trinajstić information content (AvgIpc) is 3.22. The molecule has 1 saturated heterocycles. The van der Waals surface area contributed by atoms with Crippen molar-refractivity contribution in [1.82, 2.24) is 14.8 Å². The number of methoxy groups -OCH3 is 1. The van der Waals surface area contributed by atoms with Gasteiger partial charge in [0.05, 0.1) is 24.9 Å². The van der Waals surface area contributed by atoms with Crippen molar-refractivity contribution in [1.29, 1.82) is 0 Å². The Kier molecular flexibility index (Phi) is 4.04. The molecule has 0 bridgehead atoms. The van der Waals surface area contributed by atoms with E-state index in [0.717, 1.165) is 21.1 Å². The lowest BCUT2D eigenvalue weighted by Crippen LogP contribution is -2.53. The minimum absolute atomic E-state index is 0.124. The van der Waals surface area contributed by atoms with Crippen LogP contribution in [0.3, 0.4) is 0 Å². The third kappa shape index (κ3) is 2.82. The molecule has 2 aromatic heterocycles. The van der Waals surface area contributed by atoms with Crippen LogP contribution in [0.15, 0.2) is 30.5 Å². The molecular formula is C17H18N4O3S. The summed E-state index contributed by atoms with van der Waals surface area (Å²) in [5.74, 6) is 0.450. The molecule has 3 aromatic rings. The molecule has 0 aliphatic carbocycles. The van der Waals surface area contributed by atoms with Gasteiger partial charge in [0.15, 0.2) is 5.13 Å². The Hall–Kier alpha value is -2.61. The topological polar surface area (TPSA) is 69.5 Å². The molecule has 1 fully saturated rings. The van der Waals surface area contributed by atoms with Crippen LogP contribution in [-0.4, -0.2) is 47.0 Å². The molecule has 0 unspecified atom stereocenters. The molecule has 0 saturated carbocycles. The summed E-state index contributed by atoms with van der Waals surface area (Å²) in [5, 5.41) is 5.02. The molecule has 1 aliphatic rings. The first-order valence-corrected chi connectivity index (χ1v) is 8.92. The summed E-state index contributed by atoms with van der Waals surface area (Å²) in [5.41, 5.74) is 1.36. The summed E-state index contributed by atoms with van der Waals surface area (Å²) in [6.07, 6.45) is 1.49. The van der Waals surface area contributed by atoms with Crippen LogP contribution in [0.1, 0.15) is 17.4 Å². The van der Waals surface area contributed by atoms with Crippen LogP contribution >= 0.6 is 11.3 Å². The van der Waals surface area contributed by atoms with Gasteiger partial charge in [-0.05, 0) is 25.1 Å². The molecular weight excluding hydrogens is 340 g/mol. The summed E-state index contributed by atoms with van der Waals surface area (Å²) in [4.78, 5) is 19.0. The second-order valence-electron chi connectivity index (χ2n) is 5.77. The van der Waals surface area contributed by atoms with Crippen LogP contribution in [-0.2, 0) is 11.3 Å². The zero-order valence-corrected chi connectivity index (χ0v) is 14.8. The van der Waals surface area contributed by atoms with E-state index in [4.69, 9.17) is 9.47 Å². The number of carbonyl (C=O) groups is 1. The molecule has 0 radical (unpaired) electrons. The molecule has 0 atom stereocenters. The van der Waals surface area contributed by atoms with Crippen molar-refractivity contribution >= 4 is 32.7 Å². The largest absolute Gasteiger partial charge is 0.494 e. The van der Waals surface area contributed by atoms with Crippen molar-refractivity contribution in [2.75, 3.05) is 25.1 Å². The number of hydrogen-bond donors (Lipinski definition) is 0. The number of benzene rings is 1. The number of carbonyl (C=O) groups excluding carboxylic acids is 1. The molecule has 25 heavy (non-hydrogen) atoms. The smallest absolute Gasteiger partial charge is 0.356 e. The Morgan fingerprint density at radius 1 is 1.36 bits per heavy atom. The molecule has 0 spiro atoms. The second-order valence-corrected chi connectivity index (χ2v) is 6.78. The van der Waals surface area contributed by atoms with E-state index in [1.165, 1.54) is 0 Å². The minimum Gasteiger partial charge on any atom is -0.494 e. The van der Waals surface area contributed by atoms with Crippen LogP contribution in [0.2, 0.25) is 0 Å². The zero-order valence-electron chi connectivity index (χ0n) is 14.0. The quantitative estimate of drug-likeness (QED) is 0.653. The van der Waals surface area contributed by atoms with Gasteiger partial charge in [-0.25, -0.2) is 9.78 Å². The third-order valence-corrected chi connectivity index (χ3v) is 5.29. The number of thiazole rings is 1. The van der Waals surface area contributed by atoms with Gasteiger partial charge >= 0.3 is 5.97 Å². The van der Waals surface area contributed by atoms with Gasteiger partial charge in [0, 0.05) is 12.7 Å². The number of ether oxygens (including phenoxy) is 2. The summed E-state index contributed by atoms with van der Waals surface area (Å²) < 4.78 is 13.6. The van der Waals surface area contributed by atoms with Crippen molar-refractivity contribution in [3.05, 3.63) is 36.2 Å². The van der Waals surface area contributed by atoms with Crippen LogP contribution in [0.5, 0.6) is 5.75 Å². The Morgan fingerprint density at radius 3 is 2.96 bits per heavy atom. The lowest BCUT2D eigenvalue weighted by molar-refractivity contribution is 0.0220. The maximum absolute atomic E-state index is 12.2. The second kappa shape index (κ2) is 6.36. The van der Waals surface area contributed by atoms with Gasteiger partial charge in [-0.2, -0.15) is 5.10 Å². The molecule has 1 aromatic carbocycles. The number of fused-ring (bicyclic) bond motifs is 1. The van der Waals surface area contributed by atoms with Gasteiger partial charge in [-0.1, -0.05) is 17.4 Å². The third-order valence-electron chi connectivity index (χ3n) is 4.21. The highest BCUT2D eigenvalue weighted by Crippen LogP contribution is 2.35. The van der Waals surface area contributed by atoms with Gasteiger partial charge in [-0.15, -0.1) is 0 Å². The van der Waals surface area contributed by atoms with E-state index in [1.54, 1.807) is 35.4 Å². The number of rotatable bonds is 5. The summed E-state index contributed by atoms with van der Waals surface area (Å²) in [6, 6.07) is 7.58. The van der Waals surface area contributed by atoms with Crippen molar-refractivity contribution in [2.45, 2.75) is 19.6 Å². The Morgan fingerprint density at radius 2 is 2.20 bits per heavy atom. The molecule has 3 heterocycles. The molecule has 0 N–H and O–H groups in total. The standard InChI is InChI=1S/C17H18N4O3S/c1-3-21-12(7-8-18-21)16(22)24-11-9-20(10-11)17-19-15-13(23-2)5-4-6-14(15)25-17/h4-8,11H,3,9-10H2,1-2H3. The number of aryl methyl sites for hydroxylation is 1. The summed E-state index contributed by atoms with van der Waals surface area (Å²) >= 11 is 1.62. The highest BCUT2D eigenvalue weighted by molar-refractivity contribution is 7.22. The minimum atomic E-state index is -0.324. The predicted molar refractivity (Wildman–Crippen MR) is 95.5 cm³/mol. The van der Waals surface area contributed by atoms with Gasteiger partial charge in [0.1, 0.15) is 23.1 Å². The number of nitrogens with zero attached hydrogens (tertiary/aromatic N) is 4. The van der Waals surface area contributed by atoms with Gasteiger partial charge in [0.2, 0.25) is 0 Å². The monoisotopic (exact) mass is 358 g/mol. The number of hydrogen-bond acceptors (Lipinski definition) is 7. The van der Waals surface area contributed by atoms with Crippen LogP contribution in [0.25, 0.3) is 10.2 Å². The lowest BCUT2D eigenvalue weighted by Gasteiger charge is -2.38. The lowest BCUT2D eigenvalue weighted by atomic mass is 10.2. The van der Waals surface area contributed by atoms with E-state index < -0.39 is 0 Å². The Labute approximate surface area is 148 Å². The first-order chi connectivity index (χ1) is 12.2. The Bertz CT molecular complexity index is 914. The van der Waals surface area contributed by atoms with Gasteiger partial charge < -0.3 is 14.4 Å². The highest BCUT2D eigenvalue weighted by atomic mass is 32.1. The van der Waals surface area contributed by atoms with Gasteiger partial charge in [-0.3, -0.25) is 4.68 Å². The molecule has 1 aliphatic heterocycles. The first kappa shape index (κ1) is 15.9. The van der Waals surface area contributed by atoms with E-state index >= 15 is 0 Å². The van der Waals surface area contributed by atoms with E-state index in [-0.39, 0.29) is 12.1 Å². The first-order valence-electron chi connectivity index (χ1n) is 8.11. The normalized spacial score (nSPS) is 14.6. The number of esters is 1. The SMILES string of the molecule is CCn1nccc1C(=O)OC1CN(c2nc3c(OC)cccc3s2)C1. The summed E-state index contributed by atoms with van der Waals surface area (Å²) in [7, 11) is 1.65. The molecule has 8 heteroatoms. The van der Waals surface area contributed by atoms with Crippen LogP contribution in [0, 0.1) is 0 Å².